The number of aliphatic hydroxyl groups excluding tert-OH is 1. The molecule has 3 rings (SSSR count). The standard InChI is InChI=1S/C16H17ClN4O2.2ClH/c17-15-6-13(20-9-21-15)16(23)19-8-14(22)12-5-10-3-1-2-4-11(10)7-18-12;;/h1-4,6,9,12,14,18,22H,5,7-8H2,(H,19,23);2*1H/t12-,14+;;/m0../s1. The number of hydrogen-bond donors (Lipinski definition) is 3. The average Bonchev–Trinajstić information content (AvgIpc) is 2.59. The highest BCUT2D eigenvalue weighted by atomic mass is 35.5. The van der Waals surface area contributed by atoms with Crippen molar-refractivity contribution in [1.82, 2.24) is 20.6 Å². The Kier molecular flexibility index (Phi) is 8.55. The number of carbonyl (C=O) groups is 1. The second-order valence-electron chi connectivity index (χ2n) is 5.46. The van der Waals surface area contributed by atoms with Gasteiger partial charge in [0.15, 0.2) is 0 Å². The van der Waals surface area contributed by atoms with E-state index in [1.54, 1.807) is 0 Å². The van der Waals surface area contributed by atoms with E-state index in [0.717, 1.165) is 6.42 Å². The lowest BCUT2D eigenvalue weighted by molar-refractivity contribution is 0.0865. The number of carbonyl (C=O) groups excluding carboxylic acids is 1. The minimum atomic E-state index is -0.690. The molecule has 0 saturated carbocycles. The van der Waals surface area contributed by atoms with Crippen LogP contribution >= 0.6 is 36.4 Å². The van der Waals surface area contributed by atoms with Crippen LogP contribution in [0, 0.1) is 0 Å². The topological polar surface area (TPSA) is 87.1 Å². The van der Waals surface area contributed by atoms with Gasteiger partial charge in [-0.05, 0) is 17.5 Å². The summed E-state index contributed by atoms with van der Waals surface area (Å²) in [6.07, 6.45) is 1.27. The average molecular weight is 406 g/mol. The molecule has 136 valence electrons. The molecule has 1 aromatic heterocycles. The maximum atomic E-state index is 12.0. The number of rotatable bonds is 4. The summed E-state index contributed by atoms with van der Waals surface area (Å²) in [7, 11) is 0. The van der Waals surface area contributed by atoms with Gasteiger partial charge in [-0.25, -0.2) is 9.97 Å². The van der Waals surface area contributed by atoms with Gasteiger partial charge in [0.25, 0.3) is 5.91 Å². The minimum absolute atomic E-state index is 0. The van der Waals surface area contributed by atoms with Crippen molar-refractivity contribution in [3.63, 3.8) is 0 Å². The van der Waals surface area contributed by atoms with E-state index in [-0.39, 0.29) is 54.2 Å². The third kappa shape index (κ3) is 5.52. The van der Waals surface area contributed by atoms with Gasteiger partial charge in [0.1, 0.15) is 17.2 Å². The Hall–Kier alpha value is -1.44. The van der Waals surface area contributed by atoms with E-state index in [9.17, 15) is 9.90 Å². The van der Waals surface area contributed by atoms with Crippen LogP contribution in [-0.4, -0.2) is 39.7 Å². The Morgan fingerprint density at radius 1 is 1.32 bits per heavy atom. The van der Waals surface area contributed by atoms with Gasteiger partial charge in [0, 0.05) is 25.2 Å². The van der Waals surface area contributed by atoms with Crippen molar-refractivity contribution in [1.29, 1.82) is 0 Å². The van der Waals surface area contributed by atoms with Gasteiger partial charge in [-0.15, -0.1) is 24.8 Å². The van der Waals surface area contributed by atoms with E-state index in [2.05, 4.69) is 32.7 Å². The lowest BCUT2D eigenvalue weighted by atomic mass is 9.93. The first-order valence-corrected chi connectivity index (χ1v) is 7.75. The van der Waals surface area contributed by atoms with Crippen molar-refractivity contribution in [3.8, 4) is 0 Å². The molecule has 25 heavy (non-hydrogen) atoms. The Morgan fingerprint density at radius 3 is 2.76 bits per heavy atom. The zero-order chi connectivity index (χ0) is 16.2. The molecule has 0 unspecified atom stereocenters. The Labute approximate surface area is 163 Å². The first-order valence-electron chi connectivity index (χ1n) is 7.37. The van der Waals surface area contributed by atoms with Gasteiger partial charge in [-0.3, -0.25) is 4.79 Å². The molecule has 0 saturated heterocycles. The first-order chi connectivity index (χ1) is 11.1. The van der Waals surface area contributed by atoms with Crippen LogP contribution in [-0.2, 0) is 13.0 Å². The van der Waals surface area contributed by atoms with Crippen LogP contribution in [0.3, 0.4) is 0 Å². The molecule has 0 radical (unpaired) electrons. The third-order valence-corrected chi connectivity index (χ3v) is 4.12. The molecule has 2 aromatic rings. The third-order valence-electron chi connectivity index (χ3n) is 3.92. The number of nitrogens with zero attached hydrogens (tertiary/aromatic N) is 2. The van der Waals surface area contributed by atoms with Crippen LogP contribution < -0.4 is 10.6 Å². The van der Waals surface area contributed by atoms with Crippen LogP contribution in [0.4, 0.5) is 0 Å². The van der Waals surface area contributed by atoms with Crippen molar-refractivity contribution in [2.75, 3.05) is 6.54 Å². The molecule has 6 nitrogen and oxygen atoms in total. The second kappa shape index (κ2) is 9.89. The highest BCUT2D eigenvalue weighted by molar-refractivity contribution is 6.29. The number of fused-ring (bicyclic) bond motifs is 1. The van der Waals surface area contributed by atoms with Crippen molar-refractivity contribution in [2.24, 2.45) is 0 Å². The molecule has 0 spiro atoms. The molecule has 1 aliphatic rings. The van der Waals surface area contributed by atoms with Gasteiger partial charge in [0.2, 0.25) is 0 Å². The predicted molar refractivity (Wildman–Crippen MR) is 101 cm³/mol. The van der Waals surface area contributed by atoms with Gasteiger partial charge >= 0.3 is 0 Å². The predicted octanol–water partition coefficient (Wildman–Crippen LogP) is 1.78. The van der Waals surface area contributed by atoms with Gasteiger partial charge in [-0.2, -0.15) is 0 Å². The largest absolute Gasteiger partial charge is 0.390 e. The van der Waals surface area contributed by atoms with Crippen LogP contribution in [0.1, 0.15) is 21.6 Å². The second-order valence-corrected chi connectivity index (χ2v) is 5.85. The van der Waals surface area contributed by atoms with Crippen LogP contribution in [0.2, 0.25) is 5.15 Å². The van der Waals surface area contributed by atoms with E-state index in [0.29, 0.717) is 6.54 Å². The normalized spacial score (nSPS) is 16.6. The van der Waals surface area contributed by atoms with Crippen molar-refractivity contribution in [3.05, 3.63) is 58.6 Å². The maximum absolute atomic E-state index is 12.0. The summed E-state index contributed by atoms with van der Waals surface area (Å²) in [4.78, 5) is 19.6. The Bertz CT molecular complexity index is 717. The molecule has 0 bridgehead atoms. The summed E-state index contributed by atoms with van der Waals surface area (Å²) in [6, 6.07) is 9.43. The first kappa shape index (κ1) is 21.6. The quantitative estimate of drug-likeness (QED) is 0.675. The number of aromatic nitrogens is 2. The van der Waals surface area contributed by atoms with Gasteiger partial charge < -0.3 is 15.7 Å². The summed E-state index contributed by atoms with van der Waals surface area (Å²) in [5.74, 6) is -0.385. The zero-order valence-corrected chi connectivity index (χ0v) is 15.6. The summed E-state index contributed by atoms with van der Waals surface area (Å²) in [5, 5.41) is 16.5. The molecule has 0 aliphatic carbocycles. The number of amides is 1. The van der Waals surface area contributed by atoms with E-state index >= 15 is 0 Å². The lowest BCUT2D eigenvalue weighted by Gasteiger charge is -2.29. The van der Waals surface area contributed by atoms with E-state index in [4.69, 9.17) is 11.6 Å². The van der Waals surface area contributed by atoms with E-state index in [1.165, 1.54) is 23.5 Å². The molecule has 2 heterocycles. The number of hydrogen-bond acceptors (Lipinski definition) is 5. The molecule has 9 heteroatoms. The SMILES string of the molecule is Cl.Cl.O=C(NC[C@@H](O)[C@@H]1Cc2ccccc2CN1)c1cc(Cl)ncn1. The molecular weight excluding hydrogens is 387 g/mol. The Balaban J connectivity index is 0.00000156. The van der Waals surface area contributed by atoms with E-state index in [1.807, 2.05) is 12.1 Å². The molecule has 1 aliphatic heterocycles. The monoisotopic (exact) mass is 404 g/mol. The summed E-state index contributed by atoms with van der Waals surface area (Å²) in [5.41, 5.74) is 2.65. The summed E-state index contributed by atoms with van der Waals surface area (Å²) in [6.45, 7) is 0.855. The highest BCUT2D eigenvalue weighted by Crippen LogP contribution is 2.17. The molecule has 1 aromatic carbocycles. The number of halogens is 3. The maximum Gasteiger partial charge on any atom is 0.270 e. The van der Waals surface area contributed by atoms with Crippen LogP contribution in [0.15, 0.2) is 36.7 Å². The van der Waals surface area contributed by atoms with E-state index < -0.39 is 6.10 Å². The van der Waals surface area contributed by atoms with Crippen molar-refractivity contribution >= 4 is 42.3 Å². The fraction of sp³-hybridized carbons (Fsp3) is 0.312. The zero-order valence-electron chi connectivity index (χ0n) is 13.2. The van der Waals surface area contributed by atoms with Gasteiger partial charge in [0.05, 0.1) is 6.10 Å². The highest BCUT2D eigenvalue weighted by Gasteiger charge is 2.24. The van der Waals surface area contributed by atoms with Crippen LogP contribution in [0.25, 0.3) is 0 Å². The molecule has 2 atom stereocenters. The molecule has 3 N–H and O–H groups in total. The molecule has 0 fully saturated rings. The van der Waals surface area contributed by atoms with Crippen molar-refractivity contribution in [2.45, 2.75) is 25.1 Å². The molecule has 1 amide bonds. The fourth-order valence-electron chi connectivity index (χ4n) is 2.64. The number of aliphatic hydroxyl groups is 1. The molecular formula is C16H19Cl3N4O2. The fourth-order valence-corrected chi connectivity index (χ4v) is 2.79. The Morgan fingerprint density at radius 2 is 2.04 bits per heavy atom. The smallest absolute Gasteiger partial charge is 0.270 e. The lowest BCUT2D eigenvalue weighted by Crippen LogP contribution is -2.49. The van der Waals surface area contributed by atoms with Gasteiger partial charge in [-0.1, -0.05) is 35.9 Å². The van der Waals surface area contributed by atoms with Crippen molar-refractivity contribution < 1.29 is 9.90 Å². The van der Waals surface area contributed by atoms with Crippen LogP contribution in [0.5, 0.6) is 0 Å². The summed E-state index contributed by atoms with van der Waals surface area (Å²) >= 11 is 5.73. The summed E-state index contributed by atoms with van der Waals surface area (Å²) < 4.78 is 0. The number of nitrogens with one attached hydrogen (secondary N) is 2. The number of benzene rings is 1. The minimum Gasteiger partial charge on any atom is -0.390 e.